The van der Waals surface area contributed by atoms with Gasteiger partial charge < -0.3 is 10.2 Å². The summed E-state index contributed by atoms with van der Waals surface area (Å²) in [5.41, 5.74) is 0.258. The lowest BCUT2D eigenvalue weighted by Crippen LogP contribution is -2.52. The van der Waals surface area contributed by atoms with Gasteiger partial charge in [0.25, 0.3) is 11.8 Å². The Morgan fingerprint density at radius 2 is 1.67 bits per heavy atom. The fourth-order valence-corrected chi connectivity index (χ4v) is 4.49. The minimum absolute atomic E-state index is 0.0316. The summed E-state index contributed by atoms with van der Waals surface area (Å²) in [5.74, 6) is -0.297. The lowest BCUT2D eigenvalue weighted by molar-refractivity contribution is -0.132. The molecule has 33 heavy (non-hydrogen) atoms. The van der Waals surface area contributed by atoms with Gasteiger partial charge in [-0.15, -0.1) is 0 Å². The van der Waals surface area contributed by atoms with Crippen LogP contribution in [-0.2, 0) is 10.3 Å². The number of fused-ring (bicyclic) bond motifs is 1. The van der Waals surface area contributed by atoms with Gasteiger partial charge in [-0.1, -0.05) is 36.4 Å². The number of amides is 4. The first-order valence-corrected chi connectivity index (χ1v) is 11.0. The summed E-state index contributed by atoms with van der Waals surface area (Å²) in [7, 11) is 0. The second-order valence-corrected chi connectivity index (χ2v) is 8.64. The molecule has 0 unspecified atom stereocenters. The van der Waals surface area contributed by atoms with Gasteiger partial charge in [-0.3, -0.25) is 19.5 Å². The van der Waals surface area contributed by atoms with Crippen LogP contribution in [0.4, 0.5) is 4.79 Å². The maximum absolute atomic E-state index is 13.4. The first kappa shape index (κ1) is 21.1. The molecule has 0 aliphatic carbocycles. The van der Waals surface area contributed by atoms with Gasteiger partial charge >= 0.3 is 6.03 Å². The van der Waals surface area contributed by atoms with E-state index >= 15 is 0 Å². The highest BCUT2D eigenvalue weighted by molar-refractivity contribution is 6.07. The van der Waals surface area contributed by atoms with Gasteiger partial charge in [0.2, 0.25) is 0 Å². The molecule has 8 heteroatoms. The summed E-state index contributed by atoms with van der Waals surface area (Å²) in [5, 5.41) is 4.99. The van der Waals surface area contributed by atoms with Gasteiger partial charge in [0.05, 0.1) is 6.67 Å². The zero-order chi connectivity index (χ0) is 23.0. The summed E-state index contributed by atoms with van der Waals surface area (Å²) in [6.45, 7) is 4.19. The molecule has 0 spiro atoms. The molecule has 1 aromatic heterocycles. The number of pyridine rings is 1. The van der Waals surface area contributed by atoms with Crippen molar-refractivity contribution in [1.82, 2.24) is 25.0 Å². The SMILES string of the molecule is C[C@@]1(c2ccc3ccccc3c2)NC(=O)N(CN2CCN(C(=O)c3ccncc3)CC2)C1=O. The second-order valence-electron chi connectivity index (χ2n) is 8.64. The van der Waals surface area contributed by atoms with E-state index in [0.717, 1.165) is 16.3 Å². The molecule has 1 N–H and O–H groups in total. The molecular weight excluding hydrogens is 418 g/mol. The molecule has 0 bridgehead atoms. The number of imide groups is 1. The predicted octanol–water partition coefficient (Wildman–Crippen LogP) is 2.42. The summed E-state index contributed by atoms with van der Waals surface area (Å²) < 4.78 is 0. The number of carbonyl (C=O) groups is 3. The van der Waals surface area contributed by atoms with Crippen molar-refractivity contribution < 1.29 is 14.4 Å². The molecule has 0 saturated carbocycles. The first-order valence-electron chi connectivity index (χ1n) is 11.0. The van der Waals surface area contributed by atoms with Crippen LogP contribution in [0.1, 0.15) is 22.8 Å². The molecule has 2 aliphatic rings. The smallest absolute Gasteiger partial charge is 0.326 e. The molecule has 1 atom stereocenters. The van der Waals surface area contributed by atoms with E-state index in [1.165, 1.54) is 4.90 Å². The Bertz CT molecular complexity index is 1220. The molecule has 5 rings (SSSR count). The third-order valence-corrected chi connectivity index (χ3v) is 6.53. The molecule has 168 valence electrons. The Morgan fingerprint density at radius 1 is 0.970 bits per heavy atom. The Hall–Kier alpha value is -3.78. The lowest BCUT2D eigenvalue weighted by atomic mass is 9.90. The van der Waals surface area contributed by atoms with E-state index in [4.69, 9.17) is 0 Å². The maximum atomic E-state index is 13.4. The molecule has 4 amide bonds. The van der Waals surface area contributed by atoms with Crippen molar-refractivity contribution in [3.63, 3.8) is 0 Å². The van der Waals surface area contributed by atoms with Crippen LogP contribution in [0.5, 0.6) is 0 Å². The first-order chi connectivity index (χ1) is 16.0. The fourth-order valence-electron chi connectivity index (χ4n) is 4.49. The molecule has 8 nitrogen and oxygen atoms in total. The van der Waals surface area contributed by atoms with Crippen LogP contribution in [0, 0.1) is 0 Å². The molecule has 3 aromatic rings. The number of hydrogen-bond donors (Lipinski definition) is 1. The van der Waals surface area contributed by atoms with Gasteiger partial charge in [-0.25, -0.2) is 9.69 Å². The Balaban J connectivity index is 1.26. The standard InChI is InChI=1S/C25H25N5O3/c1-25(21-7-6-18-4-2-3-5-20(18)16-21)23(32)30(24(33)27-25)17-28-12-14-29(15-13-28)22(31)19-8-10-26-11-9-19/h2-11,16H,12-15,17H2,1H3,(H,27,33)/t25-/m0/s1. The molecule has 3 heterocycles. The zero-order valence-electron chi connectivity index (χ0n) is 18.4. The number of hydrogen-bond acceptors (Lipinski definition) is 5. The molecule has 2 saturated heterocycles. The molecule has 0 radical (unpaired) electrons. The zero-order valence-corrected chi connectivity index (χ0v) is 18.4. The number of nitrogens with one attached hydrogen (secondary N) is 1. The Morgan fingerprint density at radius 3 is 2.39 bits per heavy atom. The maximum Gasteiger partial charge on any atom is 0.326 e. The number of urea groups is 1. The van der Waals surface area contributed by atoms with Crippen LogP contribution in [0.2, 0.25) is 0 Å². The van der Waals surface area contributed by atoms with Crippen LogP contribution < -0.4 is 5.32 Å². The van der Waals surface area contributed by atoms with Gasteiger partial charge in [-0.2, -0.15) is 0 Å². The van der Waals surface area contributed by atoms with E-state index in [2.05, 4.69) is 10.3 Å². The summed E-state index contributed by atoms with van der Waals surface area (Å²) in [4.78, 5) is 47.8. The summed E-state index contributed by atoms with van der Waals surface area (Å²) in [6.07, 6.45) is 3.21. The largest absolute Gasteiger partial charge is 0.336 e. The van der Waals surface area contributed by atoms with Crippen LogP contribution in [0.25, 0.3) is 10.8 Å². The monoisotopic (exact) mass is 443 g/mol. The Labute approximate surface area is 191 Å². The second kappa shape index (κ2) is 8.29. The van der Waals surface area contributed by atoms with Crippen molar-refractivity contribution in [3.8, 4) is 0 Å². The molecule has 2 fully saturated rings. The molecular formula is C25H25N5O3. The summed E-state index contributed by atoms with van der Waals surface area (Å²) >= 11 is 0. The number of aromatic nitrogens is 1. The highest BCUT2D eigenvalue weighted by Crippen LogP contribution is 2.31. The van der Waals surface area contributed by atoms with E-state index in [1.54, 1.807) is 36.4 Å². The van der Waals surface area contributed by atoms with Crippen molar-refractivity contribution >= 4 is 28.6 Å². The van der Waals surface area contributed by atoms with E-state index in [-0.39, 0.29) is 18.5 Å². The van der Waals surface area contributed by atoms with E-state index < -0.39 is 11.6 Å². The van der Waals surface area contributed by atoms with Gasteiger partial charge in [0.15, 0.2) is 0 Å². The minimum atomic E-state index is -1.11. The average Bonchev–Trinajstić information content (AvgIpc) is 3.08. The van der Waals surface area contributed by atoms with Crippen molar-refractivity contribution in [2.45, 2.75) is 12.5 Å². The van der Waals surface area contributed by atoms with Crippen molar-refractivity contribution in [2.24, 2.45) is 0 Å². The van der Waals surface area contributed by atoms with Crippen LogP contribution >= 0.6 is 0 Å². The normalized spacial score (nSPS) is 21.5. The highest BCUT2D eigenvalue weighted by Gasteiger charge is 2.49. The predicted molar refractivity (Wildman–Crippen MR) is 123 cm³/mol. The number of rotatable bonds is 4. The van der Waals surface area contributed by atoms with Crippen LogP contribution in [0.15, 0.2) is 67.0 Å². The van der Waals surface area contributed by atoms with E-state index in [1.807, 2.05) is 47.4 Å². The lowest BCUT2D eigenvalue weighted by Gasteiger charge is -2.36. The van der Waals surface area contributed by atoms with E-state index in [0.29, 0.717) is 31.7 Å². The van der Waals surface area contributed by atoms with Crippen molar-refractivity contribution in [3.05, 3.63) is 78.1 Å². The average molecular weight is 444 g/mol. The number of benzene rings is 2. The van der Waals surface area contributed by atoms with Crippen molar-refractivity contribution in [1.29, 1.82) is 0 Å². The van der Waals surface area contributed by atoms with Crippen LogP contribution in [-0.4, -0.2) is 70.4 Å². The quantitative estimate of drug-likeness (QED) is 0.626. The fraction of sp³-hybridized carbons (Fsp3) is 0.280. The summed E-state index contributed by atoms with van der Waals surface area (Å²) in [6, 6.07) is 16.8. The van der Waals surface area contributed by atoms with Crippen LogP contribution in [0.3, 0.4) is 0 Å². The van der Waals surface area contributed by atoms with Gasteiger partial charge in [0.1, 0.15) is 5.54 Å². The van der Waals surface area contributed by atoms with Gasteiger partial charge in [-0.05, 0) is 41.5 Å². The van der Waals surface area contributed by atoms with Gasteiger partial charge in [0, 0.05) is 44.1 Å². The van der Waals surface area contributed by atoms with E-state index in [9.17, 15) is 14.4 Å². The minimum Gasteiger partial charge on any atom is -0.336 e. The topological polar surface area (TPSA) is 85.8 Å². The molecule has 2 aliphatic heterocycles. The van der Waals surface area contributed by atoms with Crippen molar-refractivity contribution in [2.75, 3.05) is 32.8 Å². The number of piperazine rings is 1. The number of carbonyl (C=O) groups excluding carboxylic acids is 3. The highest BCUT2D eigenvalue weighted by atomic mass is 16.2. The third kappa shape index (κ3) is 3.82. The third-order valence-electron chi connectivity index (χ3n) is 6.53. The molecule has 2 aromatic carbocycles. The number of nitrogens with zero attached hydrogens (tertiary/aromatic N) is 4. The Kier molecular flexibility index (Phi) is 5.30.